The molecule has 0 aliphatic heterocycles. The number of carbonyl (C=O) groups excluding carboxylic acids is 1. The summed E-state index contributed by atoms with van der Waals surface area (Å²) in [6.45, 7) is 2.34. The zero-order valence-corrected chi connectivity index (χ0v) is 18.7. The van der Waals surface area contributed by atoms with Gasteiger partial charge in [0.15, 0.2) is 0 Å². The third kappa shape index (κ3) is 3.51. The van der Waals surface area contributed by atoms with E-state index in [1.807, 2.05) is 0 Å². The third-order valence-electron chi connectivity index (χ3n) is 9.49. The Kier molecular flexibility index (Phi) is 5.68. The maximum Gasteiger partial charge on any atom is 0.223 e. The summed E-state index contributed by atoms with van der Waals surface area (Å²) >= 11 is 0. The molecule has 4 fully saturated rings. The molecule has 3 N–H and O–H groups in total. The number of rotatable bonds is 5. The van der Waals surface area contributed by atoms with Gasteiger partial charge in [-0.1, -0.05) is 50.1 Å². The summed E-state index contributed by atoms with van der Waals surface area (Å²) in [6.07, 6.45) is 13.1. The second-order valence-electron chi connectivity index (χ2n) is 11.0. The van der Waals surface area contributed by atoms with Crippen LogP contribution in [0.25, 0.3) is 0 Å². The number of nitrogens with one attached hydrogen (secondary N) is 1. The Balaban J connectivity index is 1.43. The van der Waals surface area contributed by atoms with Crippen LogP contribution < -0.4 is 11.1 Å². The molecule has 4 aliphatic carbocycles. The second-order valence-corrected chi connectivity index (χ2v) is 11.0. The minimum Gasteiger partial charge on any atom is -0.353 e. The molecule has 6 atom stereocenters. The van der Waals surface area contributed by atoms with E-state index in [0.717, 1.165) is 49.9 Å². The van der Waals surface area contributed by atoms with E-state index in [2.05, 4.69) is 42.6 Å². The Labute approximate surface area is 182 Å². The summed E-state index contributed by atoms with van der Waals surface area (Å²) in [5.74, 6) is 3.48. The van der Waals surface area contributed by atoms with Crippen LogP contribution in [0, 0.1) is 29.6 Å². The number of hydrogen-bond donors (Lipinski definition) is 2. The maximum atomic E-state index is 13.7. The monoisotopic (exact) mass is 408 g/mol. The van der Waals surface area contributed by atoms with Crippen molar-refractivity contribution in [2.75, 3.05) is 0 Å². The number of benzene rings is 1. The Bertz CT molecular complexity index is 736. The van der Waals surface area contributed by atoms with Gasteiger partial charge < -0.3 is 11.1 Å². The van der Waals surface area contributed by atoms with Crippen LogP contribution in [-0.4, -0.2) is 18.0 Å². The fraction of sp³-hybridized carbons (Fsp3) is 0.741. The Morgan fingerprint density at radius 2 is 1.77 bits per heavy atom. The van der Waals surface area contributed by atoms with E-state index >= 15 is 0 Å². The van der Waals surface area contributed by atoms with Gasteiger partial charge in [0.05, 0.1) is 0 Å². The van der Waals surface area contributed by atoms with Gasteiger partial charge in [-0.05, 0) is 92.4 Å². The zero-order chi connectivity index (χ0) is 20.7. The van der Waals surface area contributed by atoms with Crippen molar-refractivity contribution in [3.8, 4) is 0 Å². The molecule has 3 nitrogen and oxygen atoms in total. The van der Waals surface area contributed by atoms with Crippen molar-refractivity contribution in [3.63, 3.8) is 0 Å². The lowest BCUT2D eigenvalue weighted by molar-refractivity contribution is -0.140. The molecule has 0 radical (unpaired) electrons. The van der Waals surface area contributed by atoms with Crippen LogP contribution >= 0.6 is 0 Å². The normalized spacial score (nSPS) is 42.7. The fourth-order valence-electron chi connectivity index (χ4n) is 8.22. The van der Waals surface area contributed by atoms with Gasteiger partial charge in [0, 0.05) is 18.0 Å². The molecule has 0 heterocycles. The van der Waals surface area contributed by atoms with Crippen molar-refractivity contribution in [3.05, 3.63) is 35.9 Å². The molecule has 1 aromatic carbocycles. The van der Waals surface area contributed by atoms with Crippen LogP contribution in [0.3, 0.4) is 0 Å². The maximum absolute atomic E-state index is 13.7. The van der Waals surface area contributed by atoms with E-state index in [-0.39, 0.29) is 11.3 Å². The highest BCUT2D eigenvalue weighted by Gasteiger charge is 2.59. The van der Waals surface area contributed by atoms with Crippen molar-refractivity contribution in [1.82, 2.24) is 5.32 Å². The molecule has 4 saturated carbocycles. The second kappa shape index (κ2) is 8.30. The molecule has 5 rings (SSSR count). The smallest absolute Gasteiger partial charge is 0.223 e. The quantitative estimate of drug-likeness (QED) is 0.705. The third-order valence-corrected chi connectivity index (χ3v) is 9.49. The van der Waals surface area contributed by atoms with Crippen molar-refractivity contribution in [1.29, 1.82) is 0 Å². The van der Waals surface area contributed by atoms with Crippen molar-refractivity contribution in [2.45, 2.75) is 95.1 Å². The van der Waals surface area contributed by atoms with E-state index in [4.69, 9.17) is 5.73 Å². The van der Waals surface area contributed by atoms with Crippen LogP contribution in [0.15, 0.2) is 30.3 Å². The van der Waals surface area contributed by atoms with Gasteiger partial charge in [0.2, 0.25) is 5.91 Å². The van der Waals surface area contributed by atoms with Crippen LogP contribution in [0.4, 0.5) is 0 Å². The predicted molar refractivity (Wildman–Crippen MR) is 122 cm³/mol. The van der Waals surface area contributed by atoms with Gasteiger partial charge in [-0.15, -0.1) is 0 Å². The first kappa shape index (κ1) is 20.5. The minimum atomic E-state index is 0.195. The summed E-state index contributed by atoms with van der Waals surface area (Å²) in [5, 5.41) is 3.50. The van der Waals surface area contributed by atoms with E-state index in [1.54, 1.807) is 0 Å². The molecule has 6 unspecified atom stereocenters. The predicted octanol–water partition coefficient (Wildman–Crippen LogP) is 5.18. The molecule has 30 heavy (non-hydrogen) atoms. The standard InChI is InChI=1S/C27H40N2O/c1-2-6-23-18-9-14-25-24(26(30)29-22-12-10-21(28)11-13-22)15-19(23)17-27(25,16-18)20-7-4-3-5-8-20/h3-5,7-8,18-19,21-25H,2,6,9-17,28H2,1H3,(H,29,30)/t18?,19?,21-,22-,23?,24?,25?,27?. The Morgan fingerprint density at radius 1 is 1.03 bits per heavy atom. The van der Waals surface area contributed by atoms with Crippen molar-refractivity contribution < 1.29 is 4.79 Å². The van der Waals surface area contributed by atoms with E-state index < -0.39 is 0 Å². The van der Waals surface area contributed by atoms with Crippen LogP contribution in [0.2, 0.25) is 0 Å². The van der Waals surface area contributed by atoms with Gasteiger partial charge in [-0.25, -0.2) is 0 Å². The lowest BCUT2D eigenvalue weighted by Gasteiger charge is -2.62. The molecule has 1 amide bonds. The largest absolute Gasteiger partial charge is 0.353 e. The Hall–Kier alpha value is -1.35. The number of hydrogen-bond acceptors (Lipinski definition) is 2. The van der Waals surface area contributed by atoms with Gasteiger partial charge >= 0.3 is 0 Å². The molecule has 164 valence electrons. The lowest BCUT2D eigenvalue weighted by Crippen LogP contribution is -2.59. The number of fused-ring (bicyclic) bond motifs is 2. The Morgan fingerprint density at radius 3 is 2.50 bits per heavy atom. The van der Waals surface area contributed by atoms with Crippen LogP contribution in [0.5, 0.6) is 0 Å². The molecule has 0 aromatic heterocycles. The highest BCUT2D eigenvalue weighted by atomic mass is 16.2. The summed E-state index contributed by atoms with van der Waals surface area (Å²) in [5.41, 5.74) is 7.84. The van der Waals surface area contributed by atoms with Crippen molar-refractivity contribution in [2.24, 2.45) is 35.3 Å². The zero-order valence-electron chi connectivity index (χ0n) is 18.7. The number of amides is 1. The number of nitrogens with two attached hydrogens (primary N) is 1. The first-order valence-electron chi connectivity index (χ1n) is 12.7. The van der Waals surface area contributed by atoms with E-state index in [1.165, 1.54) is 44.1 Å². The summed E-state index contributed by atoms with van der Waals surface area (Å²) in [6, 6.07) is 11.9. The molecular weight excluding hydrogens is 368 g/mol. The van der Waals surface area contributed by atoms with Gasteiger partial charge in [0.25, 0.3) is 0 Å². The SMILES string of the molecule is CCCC1C2CCC3C(C(=O)N[C@H]4CC[C@H](N)CC4)CC1CC3(c1ccccc1)C2. The van der Waals surface area contributed by atoms with E-state index in [9.17, 15) is 4.79 Å². The first-order chi connectivity index (χ1) is 14.6. The van der Waals surface area contributed by atoms with Crippen molar-refractivity contribution >= 4 is 5.91 Å². The molecular formula is C27H40N2O. The first-order valence-corrected chi connectivity index (χ1v) is 12.7. The average Bonchev–Trinajstić information content (AvgIpc) is 2.77. The highest BCUT2D eigenvalue weighted by molar-refractivity contribution is 5.80. The topological polar surface area (TPSA) is 55.1 Å². The average molecular weight is 409 g/mol. The van der Waals surface area contributed by atoms with E-state index in [0.29, 0.717) is 23.9 Å². The fourth-order valence-corrected chi connectivity index (χ4v) is 8.22. The van der Waals surface area contributed by atoms with Gasteiger partial charge in [-0.2, -0.15) is 0 Å². The molecule has 0 saturated heterocycles. The van der Waals surface area contributed by atoms with Crippen LogP contribution in [0.1, 0.15) is 83.1 Å². The molecule has 3 bridgehead atoms. The molecule has 3 heteroatoms. The number of carbonyl (C=O) groups is 1. The lowest BCUT2D eigenvalue weighted by atomic mass is 9.42. The summed E-state index contributed by atoms with van der Waals surface area (Å²) in [7, 11) is 0. The van der Waals surface area contributed by atoms with Crippen LogP contribution in [-0.2, 0) is 10.2 Å². The molecule has 1 aromatic rings. The highest BCUT2D eigenvalue weighted by Crippen LogP contribution is 2.64. The molecule has 4 aliphatic rings. The summed E-state index contributed by atoms with van der Waals surface area (Å²) in [4.78, 5) is 13.7. The van der Waals surface area contributed by atoms with Gasteiger partial charge in [-0.3, -0.25) is 4.79 Å². The minimum absolute atomic E-state index is 0.195. The van der Waals surface area contributed by atoms with Gasteiger partial charge in [0.1, 0.15) is 0 Å². The molecule has 0 spiro atoms. The summed E-state index contributed by atoms with van der Waals surface area (Å²) < 4.78 is 0.